The number of sulfone groups is 1. The lowest BCUT2D eigenvalue weighted by Gasteiger charge is -2.32. The van der Waals surface area contributed by atoms with Crippen LogP contribution in [0.3, 0.4) is 0 Å². The predicted molar refractivity (Wildman–Crippen MR) is 102 cm³/mol. The molecule has 0 bridgehead atoms. The van der Waals surface area contributed by atoms with E-state index in [4.69, 9.17) is 11.6 Å². The first-order valence-electron chi connectivity index (χ1n) is 8.56. The molecule has 25 heavy (non-hydrogen) atoms. The van der Waals surface area contributed by atoms with E-state index < -0.39 is 9.84 Å². The minimum absolute atomic E-state index is 0.0221. The van der Waals surface area contributed by atoms with E-state index in [9.17, 15) is 13.2 Å². The zero-order valence-electron chi connectivity index (χ0n) is 14.1. The van der Waals surface area contributed by atoms with Crippen molar-refractivity contribution in [3.05, 3.63) is 29.3 Å². The number of hydrogen-bond acceptors (Lipinski definition) is 5. The second kappa shape index (κ2) is 8.29. The van der Waals surface area contributed by atoms with Gasteiger partial charge >= 0.3 is 0 Å². The Bertz CT molecular complexity index is 703. The van der Waals surface area contributed by atoms with Crippen LogP contribution in [0.2, 0.25) is 5.02 Å². The van der Waals surface area contributed by atoms with Gasteiger partial charge in [-0.05, 0) is 43.7 Å². The molecule has 0 radical (unpaired) electrons. The zero-order chi connectivity index (χ0) is 17.9. The molecule has 0 N–H and O–H groups in total. The molecule has 8 heteroatoms. The fourth-order valence-electron chi connectivity index (χ4n) is 3.37. The summed E-state index contributed by atoms with van der Waals surface area (Å²) in [7, 11) is -3.37. The summed E-state index contributed by atoms with van der Waals surface area (Å²) in [4.78, 5) is 17.0. The van der Waals surface area contributed by atoms with Crippen LogP contribution in [0.5, 0.6) is 0 Å². The number of halogens is 1. The van der Waals surface area contributed by atoms with Gasteiger partial charge in [-0.3, -0.25) is 9.69 Å². The largest absolute Gasteiger partial charge is 0.340 e. The molecule has 1 unspecified atom stereocenters. The molecule has 0 spiro atoms. The molecule has 1 amide bonds. The highest BCUT2D eigenvalue weighted by Crippen LogP contribution is 2.22. The van der Waals surface area contributed by atoms with Crippen LogP contribution in [0.15, 0.2) is 29.2 Å². The zero-order valence-corrected chi connectivity index (χ0v) is 16.5. The molecular weight excluding hydrogens is 380 g/mol. The summed E-state index contributed by atoms with van der Waals surface area (Å²) in [5.74, 6) is 2.17. The molecule has 0 aromatic heterocycles. The van der Waals surface area contributed by atoms with Crippen LogP contribution in [0.4, 0.5) is 0 Å². The van der Waals surface area contributed by atoms with Crippen molar-refractivity contribution >= 4 is 39.1 Å². The van der Waals surface area contributed by atoms with Crippen molar-refractivity contribution in [1.82, 2.24) is 9.80 Å². The third-order valence-electron chi connectivity index (χ3n) is 4.79. The number of rotatable bonds is 5. The van der Waals surface area contributed by atoms with Crippen molar-refractivity contribution in [2.24, 2.45) is 0 Å². The van der Waals surface area contributed by atoms with Crippen molar-refractivity contribution in [2.45, 2.75) is 23.8 Å². The summed E-state index contributed by atoms with van der Waals surface area (Å²) in [6.07, 6.45) is 1.77. The number of likely N-dealkylation sites (tertiary alicyclic amines) is 1. The van der Waals surface area contributed by atoms with E-state index in [0.29, 0.717) is 11.6 Å². The molecule has 0 saturated carbocycles. The molecule has 0 aliphatic carbocycles. The highest BCUT2D eigenvalue weighted by Gasteiger charge is 2.34. The molecular formula is C17H23ClN2O3S2. The fourth-order valence-corrected chi connectivity index (χ4v) is 5.66. The lowest BCUT2D eigenvalue weighted by molar-refractivity contribution is -0.135. The SMILES string of the molecule is O=C(C1CCCN1CCS(=O)(=O)c1ccc(Cl)cc1)N1CCSCC1. The quantitative estimate of drug-likeness (QED) is 0.755. The molecule has 2 aliphatic heterocycles. The highest BCUT2D eigenvalue weighted by molar-refractivity contribution is 7.99. The first kappa shape index (κ1) is 19.0. The van der Waals surface area contributed by atoms with Crippen molar-refractivity contribution in [3.8, 4) is 0 Å². The number of nitrogens with zero attached hydrogens (tertiary/aromatic N) is 2. The van der Waals surface area contributed by atoms with E-state index in [1.54, 1.807) is 12.1 Å². The number of amides is 1. The second-order valence-corrected chi connectivity index (χ2v) is 10.2. The van der Waals surface area contributed by atoms with E-state index in [2.05, 4.69) is 0 Å². The molecule has 2 saturated heterocycles. The lowest BCUT2D eigenvalue weighted by Crippen LogP contribution is -2.49. The van der Waals surface area contributed by atoms with Gasteiger partial charge in [0.25, 0.3) is 0 Å². The Balaban J connectivity index is 1.61. The van der Waals surface area contributed by atoms with Crippen LogP contribution in [0, 0.1) is 0 Å². The predicted octanol–water partition coefficient (Wildman–Crippen LogP) is 2.15. The van der Waals surface area contributed by atoms with Crippen molar-refractivity contribution in [2.75, 3.05) is 43.4 Å². The molecule has 5 nitrogen and oxygen atoms in total. The van der Waals surface area contributed by atoms with E-state index in [1.807, 2.05) is 21.6 Å². The molecule has 138 valence electrons. The molecule has 1 aromatic rings. The topological polar surface area (TPSA) is 57.7 Å². The Morgan fingerprint density at radius 2 is 1.84 bits per heavy atom. The van der Waals surface area contributed by atoms with Gasteiger partial charge in [0.2, 0.25) is 5.91 Å². The monoisotopic (exact) mass is 402 g/mol. The molecule has 2 fully saturated rings. The standard InChI is InChI=1S/C17H23ClN2O3S2/c18-14-3-5-15(6-4-14)25(22,23)13-10-19-7-1-2-16(19)17(21)20-8-11-24-12-9-20/h3-6,16H,1-2,7-13H2. The van der Waals surface area contributed by atoms with Crippen molar-refractivity contribution in [1.29, 1.82) is 0 Å². The highest BCUT2D eigenvalue weighted by atomic mass is 35.5. The van der Waals surface area contributed by atoms with Gasteiger partial charge in [0.1, 0.15) is 0 Å². The lowest BCUT2D eigenvalue weighted by atomic mass is 10.2. The summed E-state index contributed by atoms with van der Waals surface area (Å²) >= 11 is 7.70. The van der Waals surface area contributed by atoms with Gasteiger partial charge in [-0.1, -0.05) is 11.6 Å². The van der Waals surface area contributed by atoms with E-state index in [1.165, 1.54) is 12.1 Å². The van der Waals surface area contributed by atoms with Gasteiger partial charge in [0.15, 0.2) is 9.84 Å². The van der Waals surface area contributed by atoms with Crippen LogP contribution in [-0.2, 0) is 14.6 Å². The molecule has 2 heterocycles. The first-order chi connectivity index (χ1) is 12.0. The Kier molecular flexibility index (Phi) is 6.30. The fraction of sp³-hybridized carbons (Fsp3) is 0.588. The maximum Gasteiger partial charge on any atom is 0.239 e. The smallest absolute Gasteiger partial charge is 0.239 e. The van der Waals surface area contributed by atoms with Crippen LogP contribution < -0.4 is 0 Å². The third kappa shape index (κ3) is 4.70. The van der Waals surface area contributed by atoms with Crippen molar-refractivity contribution < 1.29 is 13.2 Å². The Morgan fingerprint density at radius 3 is 2.52 bits per heavy atom. The van der Waals surface area contributed by atoms with E-state index in [-0.39, 0.29) is 22.6 Å². The van der Waals surface area contributed by atoms with Crippen LogP contribution in [-0.4, -0.2) is 73.6 Å². The average molecular weight is 403 g/mol. The Hall–Kier alpha value is -0.760. The van der Waals surface area contributed by atoms with Gasteiger partial charge in [-0.15, -0.1) is 0 Å². The maximum atomic E-state index is 12.8. The normalized spacial score (nSPS) is 22.3. The van der Waals surface area contributed by atoms with Crippen LogP contribution in [0.25, 0.3) is 0 Å². The summed E-state index contributed by atoms with van der Waals surface area (Å²) in [5, 5.41) is 0.517. The summed E-state index contributed by atoms with van der Waals surface area (Å²) in [6.45, 7) is 2.78. The molecule has 1 aromatic carbocycles. The van der Waals surface area contributed by atoms with Crippen molar-refractivity contribution in [3.63, 3.8) is 0 Å². The van der Waals surface area contributed by atoms with Gasteiger partial charge in [0, 0.05) is 36.2 Å². The summed E-state index contributed by atoms with van der Waals surface area (Å²) in [5.41, 5.74) is 0. The number of thioether (sulfide) groups is 1. The van der Waals surface area contributed by atoms with Crippen LogP contribution >= 0.6 is 23.4 Å². The Morgan fingerprint density at radius 1 is 1.16 bits per heavy atom. The maximum absolute atomic E-state index is 12.8. The average Bonchev–Trinajstić information content (AvgIpc) is 3.09. The van der Waals surface area contributed by atoms with E-state index in [0.717, 1.165) is 44.0 Å². The second-order valence-electron chi connectivity index (χ2n) is 6.40. The van der Waals surface area contributed by atoms with Crippen LogP contribution in [0.1, 0.15) is 12.8 Å². The van der Waals surface area contributed by atoms with Gasteiger partial charge < -0.3 is 4.90 Å². The van der Waals surface area contributed by atoms with Gasteiger partial charge in [-0.25, -0.2) is 8.42 Å². The molecule has 1 atom stereocenters. The number of carbonyl (C=O) groups is 1. The summed E-state index contributed by atoms with van der Waals surface area (Å²) in [6, 6.07) is 6.09. The molecule has 3 rings (SSSR count). The van der Waals surface area contributed by atoms with Gasteiger partial charge in [-0.2, -0.15) is 11.8 Å². The number of hydrogen-bond donors (Lipinski definition) is 0. The minimum Gasteiger partial charge on any atom is -0.340 e. The third-order valence-corrected chi connectivity index (χ3v) is 7.70. The molecule has 2 aliphatic rings. The number of carbonyl (C=O) groups excluding carboxylic acids is 1. The summed E-state index contributed by atoms with van der Waals surface area (Å²) < 4.78 is 25.0. The van der Waals surface area contributed by atoms with Gasteiger partial charge in [0.05, 0.1) is 16.7 Å². The number of benzene rings is 1. The van der Waals surface area contributed by atoms with E-state index >= 15 is 0 Å². The first-order valence-corrected chi connectivity index (χ1v) is 11.7. The Labute approximate surface area is 158 Å². The minimum atomic E-state index is -3.37.